The summed E-state index contributed by atoms with van der Waals surface area (Å²) in [6.45, 7) is 6.30. The van der Waals surface area contributed by atoms with E-state index in [9.17, 15) is 4.39 Å². The molecule has 1 aromatic carbocycles. The lowest BCUT2D eigenvalue weighted by atomic mass is 10.00. The van der Waals surface area contributed by atoms with Gasteiger partial charge in [-0.05, 0) is 34.0 Å². The third-order valence-electron chi connectivity index (χ3n) is 3.49. The maximum absolute atomic E-state index is 13.7. The standard InChI is InChI=1S/C14H20BrFN2/c1-2-4-13(18-9-7-17-8-10-18)11-5-3-6-12(16)14(11)15/h3,5-6,13,17H,2,4,7-10H2,1H3/t13-/m1/s1. The topological polar surface area (TPSA) is 15.3 Å². The first kappa shape index (κ1) is 14.0. The molecule has 2 nitrogen and oxygen atoms in total. The molecule has 0 radical (unpaired) electrons. The first-order chi connectivity index (χ1) is 8.74. The predicted octanol–water partition coefficient (Wildman–Crippen LogP) is 3.33. The van der Waals surface area contributed by atoms with E-state index in [0.29, 0.717) is 10.5 Å². The Balaban J connectivity index is 2.25. The van der Waals surface area contributed by atoms with Crippen LogP contribution in [0.25, 0.3) is 0 Å². The molecular formula is C14H20BrFN2. The Kier molecular flexibility index (Phi) is 5.15. The van der Waals surface area contributed by atoms with E-state index >= 15 is 0 Å². The first-order valence-corrected chi connectivity index (χ1v) is 7.42. The van der Waals surface area contributed by atoms with Crippen molar-refractivity contribution in [2.45, 2.75) is 25.8 Å². The van der Waals surface area contributed by atoms with E-state index in [1.807, 2.05) is 6.07 Å². The fraction of sp³-hybridized carbons (Fsp3) is 0.571. The van der Waals surface area contributed by atoms with Gasteiger partial charge in [0.15, 0.2) is 0 Å². The van der Waals surface area contributed by atoms with Crippen LogP contribution >= 0.6 is 15.9 Å². The van der Waals surface area contributed by atoms with Crippen molar-refractivity contribution in [2.24, 2.45) is 0 Å². The molecular weight excluding hydrogens is 295 g/mol. The SMILES string of the molecule is CCC[C@H](c1cccc(F)c1Br)N1CCNCC1. The van der Waals surface area contributed by atoms with Gasteiger partial charge in [-0.3, -0.25) is 4.90 Å². The number of halogens is 2. The molecule has 0 unspecified atom stereocenters. The molecule has 0 aromatic heterocycles. The van der Waals surface area contributed by atoms with Gasteiger partial charge in [-0.2, -0.15) is 0 Å². The zero-order valence-electron chi connectivity index (χ0n) is 10.8. The average molecular weight is 315 g/mol. The monoisotopic (exact) mass is 314 g/mol. The normalized spacial score (nSPS) is 18.8. The summed E-state index contributed by atoms with van der Waals surface area (Å²) in [4.78, 5) is 2.46. The van der Waals surface area contributed by atoms with Crippen LogP contribution in [0.4, 0.5) is 4.39 Å². The molecule has 0 bridgehead atoms. The molecule has 1 atom stereocenters. The molecule has 1 fully saturated rings. The van der Waals surface area contributed by atoms with E-state index in [1.165, 1.54) is 6.07 Å². The van der Waals surface area contributed by atoms with Crippen molar-refractivity contribution >= 4 is 15.9 Å². The van der Waals surface area contributed by atoms with E-state index < -0.39 is 0 Å². The molecule has 1 saturated heterocycles. The Morgan fingerprint density at radius 1 is 1.39 bits per heavy atom. The van der Waals surface area contributed by atoms with E-state index in [1.54, 1.807) is 6.07 Å². The highest BCUT2D eigenvalue weighted by molar-refractivity contribution is 9.10. The second-order valence-electron chi connectivity index (χ2n) is 4.73. The van der Waals surface area contributed by atoms with Gasteiger partial charge >= 0.3 is 0 Å². The first-order valence-electron chi connectivity index (χ1n) is 6.62. The van der Waals surface area contributed by atoms with Gasteiger partial charge in [-0.25, -0.2) is 4.39 Å². The molecule has 1 aliphatic rings. The maximum atomic E-state index is 13.7. The van der Waals surface area contributed by atoms with Crippen molar-refractivity contribution in [3.8, 4) is 0 Å². The van der Waals surface area contributed by atoms with E-state index in [0.717, 1.165) is 44.6 Å². The number of nitrogens with one attached hydrogen (secondary N) is 1. The minimum absolute atomic E-state index is 0.163. The summed E-state index contributed by atoms with van der Waals surface area (Å²) < 4.78 is 14.3. The minimum atomic E-state index is -0.163. The van der Waals surface area contributed by atoms with E-state index in [2.05, 4.69) is 33.1 Å². The van der Waals surface area contributed by atoms with E-state index in [-0.39, 0.29) is 5.82 Å². The van der Waals surface area contributed by atoms with Gasteiger partial charge in [-0.1, -0.05) is 25.5 Å². The molecule has 0 aliphatic carbocycles. The zero-order chi connectivity index (χ0) is 13.0. The highest BCUT2D eigenvalue weighted by Gasteiger charge is 2.23. The Hall–Kier alpha value is -0.450. The van der Waals surface area contributed by atoms with Gasteiger partial charge in [0.25, 0.3) is 0 Å². The molecule has 0 spiro atoms. The summed E-state index contributed by atoms with van der Waals surface area (Å²) in [5.41, 5.74) is 1.08. The fourth-order valence-electron chi connectivity index (χ4n) is 2.58. The van der Waals surface area contributed by atoms with Crippen molar-refractivity contribution in [3.63, 3.8) is 0 Å². The summed E-state index contributed by atoms with van der Waals surface area (Å²) in [6.07, 6.45) is 2.18. The lowest BCUT2D eigenvalue weighted by Crippen LogP contribution is -2.45. The smallest absolute Gasteiger partial charge is 0.137 e. The van der Waals surface area contributed by atoms with Gasteiger partial charge in [-0.15, -0.1) is 0 Å². The van der Waals surface area contributed by atoms with Crippen molar-refractivity contribution < 1.29 is 4.39 Å². The molecule has 4 heteroatoms. The Bertz CT molecular complexity index is 391. The molecule has 1 N–H and O–H groups in total. The number of piperazine rings is 1. The molecule has 0 amide bonds. The molecule has 2 rings (SSSR count). The number of hydrogen-bond acceptors (Lipinski definition) is 2. The molecule has 1 aliphatic heterocycles. The molecule has 1 aromatic rings. The van der Waals surface area contributed by atoms with Crippen LogP contribution in [0.15, 0.2) is 22.7 Å². The highest BCUT2D eigenvalue weighted by Crippen LogP contribution is 2.33. The van der Waals surface area contributed by atoms with Gasteiger partial charge in [0.1, 0.15) is 5.82 Å². The summed E-state index contributed by atoms with van der Waals surface area (Å²) in [7, 11) is 0. The maximum Gasteiger partial charge on any atom is 0.137 e. The second-order valence-corrected chi connectivity index (χ2v) is 5.53. The Morgan fingerprint density at radius 3 is 2.78 bits per heavy atom. The number of hydrogen-bond donors (Lipinski definition) is 1. The van der Waals surface area contributed by atoms with Crippen LogP contribution in [-0.4, -0.2) is 31.1 Å². The molecule has 100 valence electrons. The zero-order valence-corrected chi connectivity index (χ0v) is 12.3. The summed E-state index contributed by atoms with van der Waals surface area (Å²) in [6, 6.07) is 5.67. The fourth-order valence-corrected chi connectivity index (χ4v) is 3.11. The van der Waals surface area contributed by atoms with Gasteiger partial charge in [0.05, 0.1) is 4.47 Å². The van der Waals surface area contributed by atoms with Crippen LogP contribution in [0.3, 0.4) is 0 Å². The molecule has 1 heterocycles. The molecule has 18 heavy (non-hydrogen) atoms. The van der Waals surface area contributed by atoms with Crippen LogP contribution in [0.1, 0.15) is 31.4 Å². The Morgan fingerprint density at radius 2 is 2.11 bits per heavy atom. The second kappa shape index (κ2) is 6.64. The van der Waals surface area contributed by atoms with Gasteiger partial charge in [0.2, 0.25) is 0 Å². The van der Waals surface area contributed by atoms with Crippen LogP contribution in [-0.2, 0) is 0 Å². The highest BCUT2D eigenvalue weighted by atomic mass is 79.9. The van der Waals surface area contributed by atoms with Gasteiger partial charge < -0.3 is 5.32 Å². The quantitative estimate of drug-likeness (QED) is 0.917. The summed E-state index contributed by atoms with van der Waals surface area (Å²) in [5.74, 6) is -0.163. The van der Waals surface area contributed by atoms with Crippen LogP contribution in [0, 0.1) is 5.82 Å². The van der Waals surface area contributed by atoms with Crippen molar-refractivity contribution in [2.75, 3.05) is 26.2 Å². The third kappa shape index (κ3) is 3.11. The predicted molar refractivity (Wildman–Crippen MR) is 76.2 cm³/mol. The lowest BCUT2D eigenvalue weighted by Gasteiger charge is -2.35. The minimum Gasteiger partial charge on any atom is -0.314 e. The summed E-state index contributed by atoms with van der Waals surface area (Å²) in [5, 5.41) is 3.36. The largest absolute Gasteiger partial charge is 0.314 e. The van der Waals surface area contributed by atoms with Crippen molar-refractivity contribution in [1.29, 1.82) is 0 Å². The molecule has 0 saturated carbocycles. The third-order valence-corrected chi connectivity index (χ3v) is 4.33. The van der Waals surface area contributed by atoms with Crippen LogP contribution < -0.4 is 5.32 Å². The van der Waals surface area contributed by atoms with Crippen LogP contribution in [0.5, 0.6) is 0 Å². The van der Waals surface area contributed by atoms with E-state index in [4.69, 9.17) is 0 Å². The van der Waals surface area contributed by atoms with Crippen molar-refractivity contribution in [1.82, 2.24) is 10.2 Å². The van der Waals surface area contributed by atoms with Crippen molar-refractivity contribution in [3.05, 3.63) is 34.1 Å². The van der Waals surface area contributed by atoms with Crippen LogP contribution in [0.2, 0.25) is 0 Å². The lowest BCUT2D eigenvalue weighted by molar-refractivity contribution is 0.164. The number of rotatable bonds is 4. The average Bonchev–Trinajstić information content (AvgIpc) is 2.41. The van der Waals surface area contributed by atoms with Gasteiger partial charge in [0, 0.05) is 32.2 Å². The Labute approximate surface area is 117 Å². The number of nitrogens with zero attached hydrogens (tertiary/aromatic N) is 1. The number of benzene rings is 1. The summed E-state index contributed by atoms with van der Waals surface area (Å²) >= 11 is 3.40.